The van der Waals surface area contributed by atoms with Gasteiger partial charge in [0.25, 0.3) is 5.69 Å². The summed E-state index contributed by atoms with van der Waals surface area (Å²) in [6.45, 7) is 0.731. The Morgan fingerprint density at radius 3 is 2.58 bits per heavy atom. The second-order valence-electron chi connectivity index (χ2n) is 3.81. The Bertz CT molecular complexity index is 494. The molecule has 106 valence electrons. The van der Waals surface area contributed by atoms with Gasteiger partial charge >= 0.3 is 6.18 Å². The van der Waals surface area contributed by atoms with Gasteiger partial charge in [0.15, 0.2) is 6.10 Å². The maximum atomic E-state index is 12.1. The van der Waals surface area contributed by atoms with E-state index in [1.54, 1.807) is 0 Å². The number of hydrogen-bond acceptors (Lipinski definition) is 4. The van der Waals surface area contributed by atoms with Crippen LogP contribution in [0.2, 0.25) is 0 Å². The molecule has 0 aliphatic heterocycles. The summed E-state index contributed by atoms with van der Waals surface area (Å²) in [4.78, 5) is 10.1. The van der Waals surface area contributed by atoms with E-state index in [4.69, 9.17) is 5.11 Å². The van der Waals surface area contributed by atoms with E-state index >= 15 is 0 Å². The van der Waals surface area contributed by atoms with Gasteiger partial charge in [0.05, 0.1) is 4.92 Å². The van der Waals surface area contributed by atoms with E-state index in [0.29, 0.717) is 5.56 Å². The van der Waals surface area contributed by atoms with Gasteiger partial charge in [-0.1, -0.05) is 0 Å². The summed E-state index contributed by atoms with van der Waals surface area (Å²) < 4.78 is 36.6. The second-order valence-corrected chi connectivity index (χ2v) is 4.67. The van der Waals surface area contributed by atoms with E-state index in [0.717, 1.165) is 0 Å². The van der Waals surface area contributed by atoms with Crippen molar-refractivity contribution in [3.05, 3.63) is 32.3 Å². The molecule has 0 aliphatic carbocycles. The molecule has 0 radical (unpaired) electrons. The number of benzene rings is 1. The second kappa shape index (κ2) is 5.74. The first kappa shape index (κ1) is 15.7. The molecule has 0 spiro atoms. The van der Waals surface area contributed by atoms with Gasteiger partial charge < -0.3 is 10.4 Å². The highest BCUT2D eigenvalue weighted by molar-refractivity contribution is 9.10. The van der Waals surface area contributed by atoms with Crippen LogP contribution in [0.25, 0.3) is 0 Å². The summed E-state index contributed by atoms with van der Waals surface area (Å²) in [7, 11) is 0. The van der Waals surface area contributed by atoms with Crippen LogP contribution in [0.3, 0.4) is 0 Å². The van der Waals surface area contributed by atoms with Crippen molar-refractivity contribution >= 4 is 27.3 Å². The fourth-order valence-electron chi connectivity index (χ4n) is 1.33. The number of alkyl halides is 3. The molecule has 0 bridgehead atoms. The summed E-state index contributed by atoms with van der Waals surface area (Å²) >= 11 is 3.02. The number of nitrogens with one attached hydrogen (secondary N) is 1. The molecule has 0 aliphatic rings. The maximum absolute atomic E-state index is 12.1. The molecule has 1 atom stereocenters. The van der Waals surface area contributed by atoms with E-state index < -0.39 is 23.7 Å². The molecular weight excluding hydrogens is 333 g/mol. The number of anilines is 1. The lowest BCUT2D eigenvalue weighted by molar-refractivity contribution is -0.385. The highest BCUT2D eigenvalue weighted by atomic mass is 79.9. The minimum atomic E-state index is -4.71. The van der Waals surface area contributed by atoms with Crippen LogP contribution in [0.5, 0.6) is 0 Å². The van der Waals surface area contributed by atoms with Crippen molar-refractivity contribution in [1.29, 1.82) is 0 Å². The maximum Gasteiger partial charge on any atom is 0.416 e. The molecule has 0 heterocycles. The van der Waals surface area contributed by atoms with Crippen molar-refractivity contribution in [2.75, 3.05) is 11.9 Å². The lowest BCUT2D eigenvalue weighted by atomic mass is 10.2. The first-order chi connectivity index (χ1) is 8.62. The van der Waals surface area contributed by atoms with E-state index in [9.17, 15) is 23.3 Å². The van der Waals surface area contributed by atoms with Crippen LogP contribution in [-0.4, -0.2) is 28.9 Å². The smallest absolute Gasteiger partial charge is 0.382 e. The molecule has 1 rings (SSSR count). The Morgan fingerprint density at radius 1 is 1.53 bits per heavy atom. The van der Waals surface area contributed by atoms with Gasteiger partial charge in [-0.25, -0.2) is 0 Å². The number of aryl methyl sites for hydroxylation is 1. The molecule has 2 N–H and O–H groups in total. The molecular formula is C10H10BrF3N2O3. The molecule has 0 saturated carbocycles. The molecule has 1 unspecified atom stereocenters. The standard InChI is InChI=1S/C10H10BrF3N2O3/c1-5-2-7(6(11)3-8(5)16(18)19)15-4-9(17)10(12,13)14/h2-3,9,15,17H,4H2,1H3. The third-order valence-electron chi connectivity index (χ3n) is 2.35. The zero-order valence-corrected chi connectivity index (χ0v) is 11.2. The summed E-state index contributed by atoms with van der Waals surface area (Å²) in [5.41, 5.74) is 0.400. The minimum absolute atomic E-state index is 0.145. The fraction of sp³-hybridized carbons (Fsp3) is 0.400. The lowest BCUT2D eigenvalue weighted by Gasteiger charge is -2.16. The third kappa shape index (κ3) is 4.06. The highest BCUT2D eigenvalue weighted by Gasteiger charge is 2.37. The molecule has 0 aromatic heterocycles. The van der Waals surface area contributed by atoms with E-state index in [-0.39, 0.29) is 15.8 Å². The number of nitro groups is 1. The predicted octanol–water partition coefficient (Wildman–Crippen LogP) is 3.00. The molecule has 0 fully saturated rings. The van der Waals surface area contributed by atoms with Crippen LogP contribution < -0.4 is 5.32 Å². The number of aliphatic hydroxyl groups excluding tert-OH is 1. The van der Waals surface area contributed by atoms with Gasteiger partial charge in [-0.2, -0.15) is 13.2 Å². The Hall–Kier alpha value is -1.35. The van der Waals surface area contributed by atoms with Crippen LogP contribution in [0.15, 0.2) is 16.6 Å². The zero-order chi connectivity index (χ0) is 14.8. The van der Waals surface area contributed by atoms with E-state index in [2.05, 4.69) is 21.2 Å². The number of hydrogen-bond donors (Lipinski definition) is 2. The highest BCUT2D eigenvalue weighted by Crippen LogP contribution is 2.31. The Labute approximate surface area is 114 Å². The molecule has 1 aromatic rings. The monoisotopic (exact) mass is 342 g/mol. The topological polar surface area (TPSA) is 75.4 Å². The molecule has 19 heavy (non-hydrogen) atoms. The number of nitro benzene ring substituents is 1. The third-order valence-corrected chi connectivity index (χ3v) is 3.00. The average Bonchev–Trinajstić information content (AvgIpc) is 2.27. The van der Waals surface area contributed by atoms with Gasteiger partial charge in [0.1, 0.15) is 0 Å². The predicted molar refractivity (Wildman–Crippen MR) is 66.1 cm³/mol. The summed E-state index contributed by atoms with van der Waals surface area (Å²) in [5.74, 6) is 0. The number of halogens is 4. The van der Waals surface area contributed by atoms with Crippen LogP contribution in [0.4, 0.5) is 24.5 Å². The summed E-state index contributed by atoms with van der Waals surface area (Å²) in [6.07, 6.45) is -7.22. The number of nitrogens with zero attached hydrogens (tertiary/aromatic N) is 1. The van der Waals surface area contributed by atoms with Crippen molar-refractivity contribution in [3.63, 3.8) is 0 Å². The van der Waals surface area contributed by atoms with Crippen molar-refractivity contribution in [3.8, 4) is 0 Å². The van der Waals surface area contributed by atoms with E-state index in [1.807, 2.05) is 0 Å². The summed E-state index contributed by atoms with van der Waals surface area (Å²) in [5, 5.41) is 21.9. The van der Waals surface area contributed by atoms with Gasteiger partial charge in [0, 0.05) is 28.3 Å². The van der Waals surface area contributed by atoms with Gasteiger partial charge in [-0.15, -0.1) is 0 Å². The van der Waals surface area contributed by atoms with Crippen molar-refractivity contribution in [1.82, 2.24) is 0 Å². The zero-order valence-electron chi connectivity index (χ0n) is 9.66. The Balaban J connectivity index is 2.86. The Morgan fingerprint density at radius 2 is 2.11 bits per heavy atom. The fourth-order valence-corrected chi connectivity index (χ4v) is 1.80. The van der Waals surface area contributed by atoms with Crippen LogP contribution >= 0.6 is 15.9 Å². The quantitative estimate of drug-likeness (QED) is 0.651. The molecule has 0 amide bonds. The van der Waals surface area contributed by atoms with Crippen molar-refractivity contribution in [2.24, 2.45) is 0 Å². The van der Waals surface area contributed by atoms with Gasteiger partial charge in [-0.3, -0.25) is 10.1 Å². The number of rotatable bonds is 4. The molecule has 1 aromatic carbocycles. The van der Waals surface area contributed by atoms with Crippen molar-refractivity contribution < 1.29 is 23.2 Å². The summed E-state index contributed by atoms with van der Waals surface area (Å²) in [6, 6.07) is 2.53. The van der Waals surface area contributed by atoms with Crippen LogP contribution in [0.1, 0.15) is 5.56 Å². The normalized spacial score (nSPS) is 13.2. The number of aliphatic hydroxyl groups is 1. The molecule has 0 saturated heterocycles. The largest absolute Gasteiger partial charge is 0.416 e. The van der Waals surface area contributed by atoms with Crippen LogP contribution in [0, 0.1) is 17.0 Å². The van der Waals surface area contributed by atoms with E-state index in [1.165, 1.54) is 19.1 Å². The molecule has 9 heteroatoms. The Kier molecular flexibility index (Phi) is 4.75. The van der Waals surface area contributed by atoms with Crippen molar-refractivity contribution in [2.45, 2.75) is 19.2 Å². The minimum Gasteiger partial charge on any atom is -0.382 e. The first-order valence-corrected chi connectivity index (χ1v) is 5.85. The lowest BCUT2D eigenvalue weighted by Crippen LogP contribution is -2.35. The SMILES string of the molecule is Cc1cc(NCC(O)C(F)(F)F)c(Br)cc1[N+](=O)[O-]. The van der Waals surface area contributed by atoms with Gasteiger partial charge in [0.2, 0.25) is 0 Å². The first-order valence-electron chi connectivity index (χ1n) is 5.06. The van der Waals surface area contributed by atoms with Crippen LogP contribution in [-0.2, 0) is 0 Å². The average molecular weight is 343 g/mol. The van der Waals surface area contributed by atoms with Gasteiger partial charge in [-0.05, 0) is 28.9 Å². The molecule has 5 nitrogen and oxygen atoms in total.